The normalized spacial score (nSPS) is 13.5. The molecule has 0 radical (unpaired) electrons. The molecule has 2 rings (SSSR count). The van der Waals surface area contributed by atoms with Crippen LogP contribution in [0.15, 0.2) is 28.6 Å². The van der Waals surface area contributed by atoms with Gasteiger partial charge in [-0.1, -0.05) is 6.07 Å². The van der Waals surface area contributed by atoms with E-state index in [-0.39, 0.29) is 16.8 Å². The van der Waals surface area contributed by atoms with Gasteiger partial charge >= 0.3 is 0 Å². The molecule has 0 fully saturated rings. The summed E-state index contributed by atoms with van der Waals surface area (Å²) in [4.78, 5) is 1.18. The molecule has 0 saturated heterocycles. The highest BCUT2D eigenvalue weighted by molar-refractivity contribution is 7.89. The molecule has 0 aliphatic carbocycles. The molecule has 0 bridgehead atoms. The van der Waals surface area contributed by atoms with E-state index < -0.39 is 10.0 Å². The molecule has 2 aromatic rings. The zero-order valence-corrected chi connectivity index (χ0v) is 13.0. The maximum Gasteiger partial charge on any atom is 0.246 e. The van der Waals surface area contributed by atoms with Crippen LogP contribution in [-0.2, 0) is 23.0 Å². The molecule has 2 heterocycles. The zero-order chi connectivity index (χ0) is 14.8. The maximum absolute atomic E-state index is 12.3. The number of sulfonamides is 1. The average Bonchev–Trinajstić information content (AvgIpc) is 2.97. The van der Waals surface area contributed by atoms with E-state index >= 15 is 0 Å². The van der Waals surface area contributed by atoms with E-state index in [2.05, 4.69) is 9.82 Å². The number of nitrogens with two attached hydrogens (primary N) is 1. The second-order valence-corrected chi connectivity index (χ2v) is 7.25. The largest absolute Gasteiger partial charge is 0.381 e. The summed E-state index contributed by atoms with van der Waals surface area (Å²) in [6, 6.07) is 3.73. The fourth-order valence-electron chi connectivity index (χ4n) is 1.89. The van der Waals surface area contributed by atoms with Crippen LogP contribution in [0.2, 0.25) is 0 Å². The molecule has 6 nitrogen and oxygen atoms in total. The third-order valence-corrected chi connectivity index (χ3v) is 5.32. The van der Waals surface area contributed by atoms with Gasteiger partial charge < -0.3 is 5.73 Å². The fourth-order valence-corrected chi connectivity index (χ4v) is 4.04. The minimum atomic E-state index is -3.64. The molecular formula is C12H18N4O2S2. The molecule has 3 N–H and O–H groups in total. The van der Waals surface area contributed by atoms with Crippen molar-refractivity contribution in [2.45, 2.75) is 37.8 Å². The number of nitrogens with one attached hydrogen (secondary N) is 1. The summed E-state index contributed by atoms with van der Waals surface area (Å²) < 4.78 is 28.7. The van der Waals surface area contributed by atoms with Crippen LogP contribution in [0.1, 0.15) is 18.7 Å². The molecule has 1 atom stereocenters. The van der Waals surface area contributed by atoms with Crippen molar-refractivity contribution in [3.63, 3.8) is 0 Å². The van der Waals surface area contributed by atoms with Gasteiger partial charge in [-0.15, -0.1) is 11.3 Å². The molecule has 1 unspecified atom stereocenters. The van der Waals surface area contributed by atoms with Crippen molar-refractivity contribution in [3.05, 3.63) is 28.6 Å². The van der Waals surface area contributed by atoms with Crippen LogP contribution in [0, 0.1) is 0 Å². The zero-order valence-electron chi connectivity index (χ0n) is 11.4. The van der Waals surface area contributed by atoms with Gasteiger partial charge in [0.05, 0.1) is 0 Å². The van der Waals surface area contributed by atoms with E-state index in [1.54, 1.807) is 11.3 Å². The van der Waals surface area contributed by atoms with Gasteiger partial charge in [0, 0.05) is 23.7 Å². The van der Waals surface area contributed by atoms with Crippen LogP contribution in [-0.4, -0.2) is 24.2 Å². The highest BCUT2D eigenvalue weighted by Crippen LogP contribution is 2.18. The second kappa shape index (κ2) is 5.94. The van der Waals surface area contributed by atoms with Crippen molar-refractivity contribution < 1.29 is 8.42 Å². The van der Waals surface area contributed by atoms with Crippen LogP contribution in [0.25, 0.3) is 0 Å². The maximum atomic E-state index is 12.3. The Morgan fingerprint density at radius 1 is 1.55 bits per heavy atom. The van der Waals surface area contributed by atoms with Crippen molar-refractivity contribution in [1.82, 2.24) is 14.5 Å². The lowest BCUT2D eigenvalue weighted by molar-refractivity contribution is 0.560. The van der Waals surface area contributed by atoms with E-state index in [9.17, 15) is 8.42 Å². The molecule has 8 heteroatoms. The average molecular weight is 314 g/mol. The van der Waals surface area contributed by atoms with Crippen molar-refractivity contribution >= 4 is 27.2 Å². The van der Waals surface area contributed by atoms with Crippen LogP contribution >= 0.6 is 11.3 Å². The number of aromatic nitrogens is 2. The lowest BCUT2D eigenvalue weighted by Crippen LogP contribution is -2.34. The van der Waals surface area contributed by atoms with Gasteiger partial charge in [-0.05, 0) is 31.7 Å². The number of anilines is 1. The SMILES string of the molecule is CCn1cc(S(=O)(=O)NC(C)Cc2cccs2)c(N)n1. The summed E-state index contributed by atoms with van der Waals surface area (Å²) >= 11 is 1.61. The Morgan fingerprint density at radius 2 is 2.30 bits per heavy atom. The predicted molar refractivity (Wildman–Crippen MR) is 80.1 cm³/mol. The number of rotatable bonds is 6. The number of nitrogen functional groups attached to an aromatic ring is 1. The summed E-state index contributed by atoms with van der Waals surface area (Å²) in [6.45, 7) is 4.28. The minimum Gasteiger partial charge on any atom is -0.381 e. The van der Waals surface area contributed by atoms with Crippen molar-refractivity contribution in [1.29, 1.82) is 0 Å². The van der Waals surface area contributed by atoms with Gasteiger partial charge in [0.15, 0.2) is 5.82 Å². The number of thiophene rings is 1. The minimum absolute atomic E-state index is 0.0303. The number of nitrogens with zero attached hydrogens (tertiary/aromatic N) is 2. The van der Waals surface area contributed by atoms with E-state index in [0.29, 0.717) is 13.0 Å². The van der Waals surface area contributed by atoms with Gasteiger partial charge in [-0.2, -0.15) is 5.10 Å². The van der Waals surface area contributed by atoms with Gasteiger partial charge in [-0.25, -0.2) is 13.1 Å². The predicted octanol–water partition coefficient (Wildman–Crippen LogP) is 1.46. The molecule has 0 aliphatic rings. The Hall–Kier alpha value is -1.38. The Kier molecular flexibility index (Phi) is 4.46. The monoisotopic (exact) mass is 314 g/mol. The highest BCUT2D eigenvalue weighted by Gasteiger charge is 2.23. The first kappa shape index (κ1) is 15.0. The first-order valence-corrected chi connectivity index (χ1v) is 8.66. The fraction of sp³-hybridized carbons (Fsp3) is 0.417. The third-order valence-electron chi connectivity index (χ3n) is 2.81. The van der Waals surface area contributed by atoms with Crippen molar-refractivity contribution in [2.75, 3.05) is 5.73 Å². The van der Waals surface area contributed by atoms with Crippen molar-refractivity contribution in [3.8, 4) is 0 Å². The summed E-state index contributed by atoms with van der Waals surface area (Å²) in [5, 5.41) is 5.93. The number of aryl methyl sites for hydroxylation is 1. The van der Waals surface area contributed by atoms with Crippen LogP contribution in [0.4, 0.5) is 5.82 Å². The van der Waals surface area contributed by atoms with E-state index in [1.165, 1.54) is 10.9 Å². The lowest BCUT2D eigenvalue weighted by Gasteiger charge is -2.12. The summed E-state index contributed by atoms with van der Waals surface area (Å²) in [5.41, 5.74) is 5.67. The quantitative estimate of drug-likeness (QED) is 0.844. The molecule has 0 amide bonds. The first-order chi connectivity index (χ1) is 9.42. The third kappa shape index (κ3) is 3.38. The van der Waals surface area contributed by atoms with Crippen LogP contribution < -0.4 is 10.5 Å². The lowest BCUT2D eigenvalue weighted by atomic mass is 10.2. The highest BCUT2D eigenvalue weighted by atomic mass is 32.2. The van der Waals surface area contributed by atoms with E-state index in [1.807, 2.05) is 31.4 Å². The number of hydrogen-bond acceptors (Lipinski definition) is 5. The Morgan fingerprint density at radius 3 is 2.85 bits per heavy atom. The molecule has 2 aromatic heterocycles. The first-order valence-electron chi connectivity index (χ1n) is 6.30. The molecule has 110 valence electrons. The van der Waals surface area contributed by atoms with E-state index in [4.69, 9.17) is 5.73 Å². The van der Waals surface area contributed by atoms with E-state index in [0.717, 1.165) is 4.88 Å². The second-order valence-electron chi connectivity index (χ2n) is 4.54. The molecule has 0 spiro atoms. The Balaban J connectivity index is 2.12. The number of hydrogen-bond donors (Lipinski definition) is 2. The summed E-state index contributed by atoms with van der Waals surface area (Å²) in [6.07, 6.45) is 2.11. The van der Waals surface area contributed by atoms with Crippen LogP contribution in [0.5, 0.6) is 0 Å². The van der Waals surface area contributed by atoms with Gasteiger partial charge in [-0.3, -0.25) is 4.68 Å². The smallest absolute Gasteiger partial charge is 0.246 e. The van der Waals surface area contributed by atoms with Gasteiger partial charge in [0.1, 0.15) is 4.90 Å². The molecule has 0 aliphatic heterocycles. The van der Waals surface area contributed by atoms with Gasteiger partial charge in [0.25, 0.3) is 0 Å². The molecule has 20 heavy (non-hydrogen) atoms. The summed E-state index contributed by atoms with van der Waals surface area (Å²) in [7, 11) is -3.64. The summed E-state index contributed by atoms with van der Waals surface area (Å²) in [5.74, 6) is 0.0303. The topological polar surface area (TPSA) is 90.0 Å². The Bertz CT molecular complexity index is 662. The molecule has 0 aromatic carbocycles. The van der Waals surface area contributed by atoms with Crippen LogP contribution in [0.3, 0.4) is 0 Å². The van der Waals surface area contributed by atoms with Gasteiger partial charge in [0.2, 0.25) is 10.0 Å². The van der Waals surface area contributed by atoms with Crippen molar-refractivity contribution in [2.24, 2.45) is 0 Å². The standard InChI is InChI=1S/C12H18N4O2S2/c1-3-16-8-11(12(13)14-16)20(17,18)15-9(2)7-10-5-4-6-19-10/h4-6,8-9,15H,3,7H2,1-2H3,(H2,13,14). The molecular weight excluding hydrogens is 296 g/mol. The Labute approximate surface area is 122 Å². The molecule has 0 saturated carbocycles.